The summed E-state index contributed by atoms with van der Waals surface area (Å²) >= 11 is 0. The molecule has 10 heterocycles. The number of amides is 3. The summed E-state index contributed by atoms with van der Waals surface area (Å²) in [5.74, 6) is 0.512. The van der Waals surface area contributed by atoms with Gasteiger partial charge in [-0.25, -0.2) is 34.2 Å². The first kappa shape index (κ1) is 98.1. The Morgan fingerprint density at radius 1 is 0.489 bits per heavy atom. The number of fused-ring (bicyclic) bond motifs is 15. The van der Waals surface area contributed by atoms with Crippen LogP contribution in [0.15, 0.2) is 136 Å². The number of aromatic carboxylic acids is 1. The first-order chi connectivity index (χ1) is 64.8. The fraction of sp³-hybridized carbons (Fsp3) is 0.400. The molecule has 35 heteroatoms. The van der Waals surface area contributed by atoms with Crippen LogP contribution in [0.25, 0.3) is 95.9 Å². The van der Waals surface area contributed by atoms with Gasteiger partial charge >= 0.3 is 28.1 Å². The van der Waals surface area contributed by atoms with Crippen LogP contribution >= 0.6 is 0 Å². The molecule has 3 amide bonds. The van der Waals surface area contributed by atoms with E-state index in [0.29, 0.717) is 112 Å². The third-order valence-electron chi connectivity index (χ3n) is 26.2. The van der Waals surface area contributed by atoms with Crippen molar-refractivity contribution in [2.45, 2.75) is 160 Å². The van der Waals surface area contributed by atoms with Gasteiger partial charge in [0.1, 0.15) is 22.8 Å². The number of methoxy groups -OCH3 is 3. The predicted octanol–water partition coefficient (Wildman–Crippen LogP) is 15.9. The van der Waals surface area contributed by atoms with Gasteiger partial charge in [-0.15, -0.1) is 0 Å². The summed E-state index contributed by atoms with van der Waals surface area (Å²) in [5, 5.41) is 27.7. The summed E-state index contributed by atoms with van der Waals surface area (Å²) in [7, 11) is 6.71. The van der Waals surface area contributed by atoms with Crippen LogP contribution in [0.1, 0.15) is 232 Å². The number of carboxylic acids is 2. The minimum Gasteiger partial charge on any atom is -0.497 e. The SMILES string of the molecule is CN(C)S(N)(=O)=O.COc1ccc2c(c1)C=C(C(=O)O)Cn1c-2c(C2CCCCC2)c2ccc(C(=O)OC(C)(C)C)cc21.COc1ccc2c(c1)C=C(c1ocnc1C(=O)N1CCOCC1)Cn1c-2c(C2CCCCC2)c2ccc(C(=O)NS(=O)(=O)N(C)C)cc21.COc1ccc2c(c1)C=C(c1ocnc1C(=O)N1CCOCC1)Cn1c-2c(C2CCCCC2)c2ccc(C(=O)O)cc21.[2H][B].[U]. The van der Waals surface area contributed by atoms with Crippen LogP contribution in [0.4, 0.5) is 0 Å². The van der Waals surface area contributed by atoms with Crippen molar-refractivity contribution in [3.05, 3.63) is 201 Å². The molecule has 0 atom stereocenters. The fourth-order valence-corrected chi connectivity index (χ4v) is 20.2. The van der Waals surface area contributed by atoms with Gasteiger partial charge in [0, 0.05) is 160 Å². The summed E-state index contributed by atoms with van der Waals surface area (Å²) < 4.78 is 106. The second kappa shape index (κ2) is 42.1. The Balaban J connectivity index is 0.000000157. The first-order valence-corrected chi connectivity index (χ1v) is 48.2. The molecule has 0 unspecified atom stereocenters. The smallest absolute Gasteiger partial charge is 0.338 e. The van der Waals surface area contributed by atoms with Crippen molar-refractivity contribution in [1.29, 1.82) is 1.34 Å². The number of oxazole rings is 2. The molecule has 8 aliphatic rings. The summed E-state index contributed by atoms with van der Waals surface area (Å²) in [6, 6.07) is 34.5. The van der Waals surface area contributed by atoms with Crippen molar-refractivity contribution in [3.63, 3.8) is 0 Å². The molecule has 2 saturated heterocycles. The third kappa shape index (κ3) is 21.1. The number of rotatable bonds is 17. The molecule has 0 bridgehead atoms. The van der Waals surface area contributed by atoms with Gasteiger partial charge < -0.3 is 71.0 Å². The third-order valence-corrected chi connectivity index (χ3v) is 28.6. The average molecular weight is 2100 g/mol. The first-order valence-electron chi connectivity index (χ1n) is 45.8. The number of ether oxygens (including phenoxy) is 6. The number of allylic oxidation sites excluding steroid dienone is 2. The molecule has 5 N–H and O–H groups in total. The Morgan fingerprint density at radius 3 is 1.20 bits per heavy atom. The predicted molar refractivity (Wildman–Crippen MR) is 513 cm³/mol. The summed E-state index contributed by atoms with van der Waals surface area (Å²) in [6.07, 6.45) is 25.6. The van der Waals surface area contributed by atoms with Crippen molar-refractivity contribution in [2.24, 2.45) is 5.14 Å². The monoisotopic (exact) mass is 2100 g/mol. The fourth-order valence-electron chi connectivity index (χ4n) is 19.6. The molecule has 3 aliphatic carbocycles. The number of nitrogens with two attached hydrogens (primary N) is 1. The Morgan fingerprint density at radius 2 is 0.844 bits per heavy atom. The van der Waals surface area contributed by atoms with E-state index in [1.54, 1.807) is 61.5 Å². The number of carboxylic acid groups (broad SMARTS) is 2. The number of nitrogens with zero attached hydrogens (tertiary/aromatic N) is 9. The van der Waals surface area contributed by atoms with Gasteiger partial charge in [0.2, 0.25) is 0 Å². The van der Waals surface area contributed by atoms with Gasteiger partial charge in [-0.1, -0.05) is 76.0 Å². The van der Waals surface area contributed by atoms with Gasteiger partial charge in [0.15, 0.2) is 35.7 Å². The number of esters is 1. The molecule has 5 fully saturated rings. The molecule has 0 spiro atoms. The van der Waals surface area contributed by atoms with Gasteiger partial charge in [0.05, 0.1) is 101 Å². The molecular formula is C100H114BN11O20S2U. The molecule has 6 aromatic carbocycles. The van der Waals surface area contributed by atoms with E-state index in [9.17, 15) is 55.8 Å². The number of carbonyl (C=O) groups excluding carboxylic acids is 4. The minimum atomic E-state index is -4.00. The molecule has 135 heavy (non-hydrogen) atoms. The molecular weight excluding hydrogens is 1990 g/mol. The van der Waals surface area contributed by atoms with Gasteiger partial charge in [-0.2, -0.15) is 25.4 Å². The number of benzene rings is 6. The minimum absolute atomic E-state index is 0. The zero-order chi connectivity index (χ0) is 96.1. The van der Waals surface area contributed by atoms with Crippen molar-refractivity contribution >= 4 is 127 Å². The average Bonchev–Trinajstić information content (AvgIpc) is 1.58. The quantitative estimate of drug-likeness (QED) is 0.0486. The van der Waals surface area contributed by atoms with E-state index < -0.39 is 43.9 Å². The van der Waals surface area contributed by atoms with Crippen LogP contribution < -0.4 is 24.1 Å². The van der Waals surface area contributed by atoms with E-state index in [2.05, 4.69) is 60.1 Å². The van der Waals surface area contributed by atoms with Crippen LogP contribution in [-0.4, -0.2) is 222 Å². The Bertz CT molecular complexity index is 6710. The maximum atomic E-state index is 13.7. The second-order valence-electron chi connectivity index (χ2n) is 36.1. The van der Waals surface area contributed by atoms with E-state index in [1.807, 2.05) is 99.6 Å². The number of hydrogen-bond donors (Lipinski definition) is 4. The van der Waals surface area contributed by atoms with Gasteiger partial charge in [-0.3, -0.25) is 14.4 Å². The Hall–Kier alpha value is -11.4. The van der Waals surface area contributed by atoms with Gasteiger partial charge in [0.25, 0.3) is 27.9 Å². The summed E-state index contributed by atoms with van der Waals surface area (Å²) in [6.45, 7) is 10.3. The van der Waals surface area contributed by atoms with Crippen molar-refractivity contribution in [3.8, 4) is 51.0 Å². The molecule has 5 aromatic heterocycles. The van der Waals surface area contributed by atoms with Crippen LogP contribution in [0.2, 0.25) is 0 Å². The molecule has 3 saturated carbocycles. The number of nitrogens with one attached hydrogen (secondary N) is 1. The van der Waals surface area contributed by atoms with Crippen LogP contribution in [0.5, 0.6) is 17.2 Å². The van der Waals surface area contributed by atoms with E-state index in [0.717, 1.165) is 160 Å². The largest absolute Gasteiger partial charge is 0.497 e. The zero-order valence-corrected chi connectivity index (χ0v) is 83.4. The Labute approximate surface area is 812 Å². The zero-order valence-electron chi connectivity index (χ0n) is 78.6. The second-order valence-corrected chi connectivity index (χ2v) is 39.8. The molecule has 31 nitrogen and oxygen atoms in total. The van der Waals surface area contributed by atoms with Gasteiger partial charge in [-0.05, 0) is 221 Å². The van der Waals surface area contributed by atoms with E-state index in [-0.39, 0.29) is 83.5 Å². The summed E-state index contributed by atoms with van der Waals surface area (Å²) in [5.41, 5.74) is 17.7. The molecule has 19 rings (SSSR count). The van der Waals surface area contributed by atoms with E-state index in [4.69, 9.17) is 38.6 Å². The maximum Gasteiger partial charge on any atom is 0.338 e. The van der Waals surface area contributed by atoms with E-state index >= 15 is 0 Å². The van der Waals surface area contributed by atoms with Crippen LogP contribution in [0.3, 0.4) is 0 Å². The maximum absolute atomic E-state index is 13.7. The molecule has 11 aromatic rings. The molecule has 708 valence electrons. The Kier molecular flexibility index (Phi) is 30.6. The molecule has 5 aliphatic heterocycles. The van der Waals surface area contributed by atoms with Crippen molar-refractivity contribution in [1.82, 2.24) is 46.8 Å². The van der Waals surface area contributed by atoms with Crippen molar-refractivity contribution in [2.75, 3.05) is 102 Å². The molecule has 2 radical (unpaired) electrons. The normalized spacial score (nSPS) is 16.5. The van der Waals surface area contributed by atoms with E-state index in [1.165, 1.54) is 103 Å². The standard InChI is InChI=1S/C35H39N5O7S.C33H33N3O6.C30H33NO5.C2H8N2O2S.BH.U/c1-38(2)48(43,44)37-34(41)23-9-11-28-29(19-23)40-20-25(33-31(36-21-47-33)35(42)39-13-15-46-16-14-39)17-24-18-26(45-3)10-12-27(24)32(40)30(28)22-7-5-4-6-8-22;1-40-24-8-10-25-22(16-24)15-23(31-29(34-19-42-31)32(37)35-11-13-41-14-12-35)18-36-27-17-21(33(38)39)7-9-26(27)28(30(25)36)20-5-3-2-4-6-20;1-30(2,3)36-29(34)19-10-12-24-25(16-19)31-17-21(28(32)33)14-20-15-22(35-4)11-13-23(20)27(31)26(24)18-8-6-5-7-9-18;1-4(2)7(3,5)6;;/h9-12,17-19,21-22H,4-8,13-16,20H2,1-3H3,(H,37,41);7-10,15-17,19-20H,2-6,11-14,18H2,1H3,(H,38,39);10-16,18H,5-9,17H2,1-4H3,(H,32,33);1-2H3,(H2,3,5,6);1H;/i;;;;1D;. The number of carbonyl (C=O) groups is 6. The number of morpholine rings is 2. The topological polar surface area (TPSA) is 384 Å². The number of aromatic nitrogens is 5. The van der Waals surface area contributed by atoms with Crippen molar-refractivity contribution < 1.29 is 124 Å². The number of hydrogen-bond acceptors (Lipinski definition) is 20. The summed E-state index contributed by atoms with van der Waals surface area (Å²) in [4.78, 5) is 90.1. The van der Waals surface area contributed by atoms with Crippen LogP contribution in [0, 0.1) is 31.1 Å². The number of aliphatic carboxylic acids is 1. The van der Waals surface area contributed by atoms with Crippen LogP contribution in [-0.2, 0) is 59.1 Å².